The van der Waals surface area contributed by atoms with Crippen LogP contribution in [0.4, 0.5) is 0 Å². The number of ether oxygens (including phenoxy) is 2. The van der Waals surface area contributed by atoms with Gasteiger partial charge in [-0.1, -0.05) is 0 Å². The summed E-state index contributed by atoms with van der Waals surface area (Å²) in [4.78, 5) is 2.70. The van der Waals surface area contributed by atoms with E-state index in [-0.39, 0.29) is 4.90 Å². The lowest BCUT2D eigenvalue weighted by Gasteiger charge is -2.35. The Bertz CT molecular complexity index is 697. The summed E-state index contributed by atoms with van der Waals surface area (Å²) < 4.78 is 38.6. The van der Waals surface area contributed by atoms with Crippen molar-refractivity contribution in [2.45, 2.75) is 30.2 Å². The maximum absolute atomic E-state index is 12.7. The zero-order valence-corrected chi connectivity index (χ0v) is 17.1. The van der Waals surface area contributed by atoms with Gasteiger partial charge >= 0.3 is 0 Å². The highest BCUT2D eigenvalue weighted by Crippen LogP contribution is 2.29. The maximum Gasteiger partial charge on any atom is 0.244 e. The first-order valence-corrected chi connectivity index (χ1v) is 11.7. The number of benzene rings is 1. The molecule has 1 aromatic carbocycles. The second-order valence-corrected chi connectivity index (χ2v) is 9.75. The lowest BCUT2D eigenvalue weighted by Crippen LogP contribution is -2.43. The van der Waals surface area contributed by atoms with Crippen molar-refractivity contribution >= 4 is 21.8 Å². The molecule has 0 spiro atoms. The van der Waals surface area contributed by atoms with Crippen LogP contribution in [-0.4, -0.2) is 64.7 Å². The minimum Gasteiger partial charge on any atom is -0.497 e. The third kappa shape index (κ3) is 4.65. The lowest BCUT2D eigenvalue weighted by molar-refractivity contribution is 0.145. The maximum atomic E-state index is 12.7. The number of rotatable bonds is 7. The Morgan fingerprint density at radius 1 is 1.19 bits per heavy atom. The van der Waals surface area contributed by atoms with E-state index in [1.165, 1.54) is 38.2 Å². The Kier molecular flexibility index (Phi) is 6.71. The number of thioether (sulfide) groups is 1. The van der Waals surface area contributed by atoms with Crippen molar-refractivity contribution < 1.29 is 17.9 Å². The zero-order valence-electron chi connectivity index (χ0n) is 15.4. The molecule has 8 heteroatoms. The minimum atomic E-state index is -3.64. The number of methoxy groups -OCH3 is 2. The summed E-state index contributed by atoms with van der Waals surface area (Å²) in [6.45, 7) is 2.61. The van der Waals surface area contributed by atoms with Crippen LogP contribution in [0.2, 0.25) is 0 Å². The molecule has 2 saturated heterocycles. The topological polar surface area (TPSA) is 67.9 Å². The lowest BCUT2D eigenvalue weighted by atomic mass is 9.96. The molecule has 0 saturated carbocycles. The van der Waals surface area contributed by atoms with Gasteiger partial charge in [0.25, 0.3) is 0 Å². The highest BCUT2D eigenvalue weighted by Gasteiger charge is 2.28. The van der Waals surface area contributed by atoms with Crippen molar-refractivity contribution in [1.82, 2.24) is 9.62 Å². The minimum absolute atomic E-state index is 0.125. The fourth-order valence-corrected chi connectivity index (χ4v) is 6.18. The molecule has 0 radical (unpaired) electrons. The third-order valence-electron chi connectivity index (χ3n) is 5.29. The van der Waals surface area contributed by atoms with Crippen molar-refractivity contribution in [2.24, 2.45) is 5.92 Å². The van der Waals surface area contributed by atoms with E-state index < -0.39 is 10.0 Å². The number of piperidine rings is 1. The average molecular weight is 401 g/mol. The van der Waals surface area contributed by atoms with E-state index >= 15 is 0 Å². The number of nitrogens with one attached hydrogen (secondary N) is 1. The number of hydrogen-bond donors (Lipinski definition) is 1. The van der Waals surface area contributed by atoms with Gasteiger partial charge in [0.1, 0.15) is 16.4 Å². The summed E-state index contributed by atoms with van der Waals surface area (Å²) in [7, 11) is -0.650. The van der Waals surface area contributed by atoms with Crippen molar-refractivity contribution in [3.8, 4) is 11.5 Å². The van der Waals surface area contributed by atoms with Gasteiger partial charge in [-0.2, -0.15) is 11.8 Å². The number of nitrogens with zero attached hydrogens (tertiary/aromatic N) is 1. The molecule has 2 heterocycles. The second kappa shape index (κ2) is 8.82. The van der Waals surface area contributed by atoms with Gasteiger partial charge in [-0.15, -0.1) is 0 Å². The quantitative estimate of drug-likeness (QED) is 0.757. The summed E-state index contributed by atoms with van der Waals surface area (Å²) >= 11 is 2.04. The molecule has 1 atom stereocenters. The molecule has 26 heavy (non-hydrogen) atoms. The van der Waals surface area contributed by atoms with Crippen LogP contribution in [0.25, 0.3) is 0 Å². The van der Waals surface area contributed by atoms with E-state index in [2.05, 4.69) is 9.62 Å². The van der Waals surface area contributed by atoms with Gasteiger partial charge in [0.05, 0.1) is 14.2 Å². The molecule has 0 amide bonds. The van der Waals surface area contributed by atoms with E-state index in [4.69, 9.17) is 9.47 Å². The molecule has 1 aromatic rings. The van der Waals surface area contributed by atoms with Crippen LogP contribution in [0, 0.1) is 5.92 Å². The third-order valence-corrected chi connectivity index (χ3v) is 7.88. The summed E-state index contributed by atoms with van der Waals surface area (Å²) in [5.74, 6) is 3.71. The van der Waals surface area contributed by atoms with Gasteiger partial charge in [0, 0.05) is 24.4 Å². The monoisotopic (exact) mass is 400 g/mol. The second-order valence-electron chi connectivity index (χ2n) is 6.87. The summed E-state index contributed by atoms with van der Waals surface area (Å²) in [6, 6.07) is 5.53. The molecule has 2 fully saturated rings. The van der Waals surface area contributed by atoms with Gasteiger partial charge < -0.3 is 9.47 Å². The van der Waals surface area contributed by atoms with Crippen LogP contribution in [0.1, 0.15) is 19.3 Å². The standard InChI is InChI=1S/C18H28N2O4S2/c1-23-16-3-4-17(24-2)18(11-16)26(21,22)19-12-14-5-8-20(9-6-14)15-7-10-25-13-15/h3-4,11,14-15,19H,5-10,12-13H2,1-2H3. The van der Waals surface area contributed by atoms with Crippen molar-refractivity contribution in [2.75, 3.05) is 45.4 Å². The van der Waals surface area contributed by atoms with Crippen molar-refractivity contribution in [3.63, 3.8) is 0 Å². The van der Waals surface area contributed by atoms with Crippen LogP contribution in [0.15, 0.2) is 23.1 Å². The van der Waals surface area contributed by atoms with Crippen LogP contribution in [-0.2, 0) is 10.0 Å². The molecular weight excluding hydrogens is 372 g/mol. The van der Waals surface area contributed by atoms with Crippen LogP contribution < -0.4 is 14.2 Å². The Hall–Kier alpha value is -0.960. The zero-order chi connectivity index (χ0) is 18.6. The van der Waals surface area contributed by atoms with Crippen LogP contribution in [0.3, 0.4) is 0 Å². The Labute approximate surface area is 160 Å². The van der Waals surface area contributed by atoms with E-state index in [0.29, 0.717) is 24.0 Å². The molecule has 0 aromatic heterocycles. The molecule has 2 aliphatic heterocycles. The van der Waals surface area contributed by atoms with Crippen LogP contribution in [0.5, 0.6) is 11.5 Å². The van der Waals surface area contributed by atoms with Crippen molar-refractivity contribution in [1.29, 1.82) is 0 Å². The largest absolute Gasteiger partial charge is 0.497 e. The fourth-order valence-electron chi connectivity index (χ4n) is 3.63. The predicted molar refractivity (Wildman–Crippen MR) is 105 cm³/mol. The molecule has 1 unspecified atom stereocenters. The summed E-state index contributed by atoms with van der Waals surface area (Å²) in [5, 5.41) is 0. The van der Waals surface area contributed by atoms with Gasteiger partial charge in [0.2, 0.25) is 10.0 Å². The van der Waals surface area contributed by atoms with E-state index in [1.807, 2.05) is 11.8 Å². The first-order chi connectivity index (χ1) is 12.5. The van der Waals surface area contributed by atoms with Crippen LogP contribution >= 0.6 is 11.8 Å². The number of likely N-dealkylation sites (tertiary alicyclic amines) is 1. The number of sulfonamides is 1. The van der Waals surface area contributed by atoms with Gasteiger partial charge in [-0.05, 0) is 56.2 Å². The normalized spacial score (nSPS) is 22.5. The van der Waals surface area contributed by atoms with Gasteiger partial charge in [0.15, 0.2) is 0 Å². The average Bonchev–Trinajstić information content (AvgIpc) is 3.21. The first kappa shape index (κ1) is 19.8. The molecule has 1 N–H and O–H groups in total. The highest BCUT2D eigenvalue weighted by atomic mass is 32.2. The van der Waals surface area contributed by atoms with E-state index in [1.54, 1.807) is 12.1 Å². The number of hydrogen-bond acceptors (Lipinski definition) is 6. The molecule has 146 valence electrons. The first-order valence-electron chi connectivity index (χ1n) is 9.07. The highest BCUT2D eigenvalue weighted by molar-refractivity contribution is 7.99. The SMILES string of the molecule is COc1ccc(OC)c(S(=O)(=O)NCC2CCN(C3CCSC3)CC2)c1. The Morgan fingerprint density at radius 3 is 2.58 bits per heavy atom. The molecule has 0 bridgehead atoms. The van der Waals surface area contributed by atoms with Gasteiger partial charge in [-0.3, -0.25) is 4.90 Å². The summed E-state index contributed by atoms with van der Waals surface area (Å²) in [5.41, 5.74) is 0. The molecule has 0 aliphatic carbocycles. The summed E-state index contributed by atoms with van der Waals surface area (Å²) in [6.07, 6.45) is 3.37. The Balaban J connectivity index is 1.57. The van der Waals surface area contributed by atoms with Gasteiger partial charge in [-0.25, -0.2) is 13.1 Å². The predicted octanol–water partition coefficient (Wildman–Crippen LogP) is 2.20. The smallest absolute Gasteiger partial charge is 0.244 e. The molecule has 6 nitrogen and oxygen atoms in total. The Morgan fingerprint density at radius 2 is 1.96 bits per heavy atom. The van der Waals surface area contributed by atoms with E-state index in [0.717, 1.165) is 32.0 Å². The molecule has 2 aliphatic rings. The van der Waals surface area contributed by atoms with Crippen molar-refractivity contribution in [3.05, 3.63) is 18.2 Å². The molecule has 3 rings (SSSR count). The molecular formula is C18H28N2O4S2. The fraction of sp³-hybridized carbons (Fsp3) is 0.667. The van der Waals surface area contributed by atoms with E-state index in [9.17, 15) is 8.42 Å².